The van der Waals surface area contributed by atoms with E-state index in [-0.39, 0.29) is 34.4 Å². The second-order valence-corrected chi connectivity index (χ2v) is 14.2. The molecule has 5 fully saturated rings. The summed E-state index contributed by atoms with van der Waals surface area (Å²) in [5.74, 6) is 1.05. The van der Waals surface area contributed by atoms with E-state index < -0.39 is 5.79 Å². The van der Waals surface area contributed by atoms with E-state index in [9.17, 15) is 4.79 Å². The van der Waals surface area contributed by atoms with Crippen LogP contribution < -0.4 is 0 Å². The van der Waals surface area contributed by atoms with Crippen LogP contribution in [0.4, 0.5) is 0 Å². The highest BCUT2D eigenvalue weighted by Gasteiger charge is 2.70. The van der Waals surface area contributed by atoms with Crippen LogP contribution in [0.3, 0.4) is 0 Å². The van der Waals surface area contributed by atoms with Crippen LogP contribution in [0.2, 0.25) is 0 Å². The smallest absolute Gasteiger partial charge is 0.302 e. The van der Waals surface area contributed by atoms with Crippen molar-refractivity contribution in [3.05, 3.63) is 11.1 Å². The van der Waals surface area contributed by atoms with Gasteiger partial charge in [-0.3, -0.25) is 4.79 Å². The van der Waals surface area contributed by atoms with E-state index in [0.29, 0.717) is 17.8 Å². The van der Waals surface area contributed by atoms with Gasteiger partial charge >= 0.3 is 5.97 Å². The van der Waals surface area contributed by atoms with Gasteiger partial charge in [0.15, 0.2) is 5.79 Å². The second kappa shape index (κ2) is 8.81. The molecule has 2 heterocycles. The molecule has 0 amide bonds. The van der Waals surface area contributed by atoms with Crippen molar-refractivity contribution < 1.29 is 23.7 Å². The zero-order valence-corrected chi connectivity index (χ0v) is 23.3. The first-order valence-corrected chi connectivity index (χ1v) is 14.9. The minimum Gasteiger partial charge on any atom is -0.463 e. The molecule has 1 spiro atoms. The first-order valence-electron chi connectivity index (χ1n) is 14.9. The van der Waals surface area contributed by atoms with Crippen LogP contribution >= 0.6 is 0 Å². The molecule has 2 aliphatic heterocycles. The van der Waals surface area contributed by atoms with E-state index in [1.807, 2.05) is 0 Å². The number of ether oxygens (including phenoxy) is 4. The van der Waals surface area contributed by atoms with E-state index in [2.05, 4.69) is 27.7 Å². The number of allylic oxidation sites excluding steroid dienone is 1. The fourth-order valence-corrected chi connectivity index (χ4v) is 10.0. The molecule has 0 aromatic carbocycles. The maximum absolute atomic E-state index is 11.7. The van der Waals surface area contributed by atoms with Gasteiger partial charge in [-0.2, -0.15) is 0 Å². The third-order valence-electron chi connectivity index (χ3n) is 11.6. The highest BCUT2D eigenvalue weighted by molar-refractivity contribution is 5.66. The summed E-state index contributed by atoms with van der Waals surface area (Å²) < 4.78 is 26.1. The molecule has 2 saturated heterocycles. The highest BCUT2D eigenvalue weighted by Crippen LogP contribution is 2.70. The predicted molar refractivity (Wildman–Crippen MR) is 138 cm³/mol. The Hall–Kier alpha value is -0.910. The molecule has 5 heteroatoms. The van der Waals surface area contributed by atoms with Crippen molar-refractivity contribution in [1.82, 2.24) is 0 Å². The van der Waals surface area contributed by atoms with Gasteiger partial charge in [-0.15, -0.1) is 0 Å². The number of fused-ring (bicyclic) bond motifs is 8. The summed E-state index contributed by atoms with van der Waals surface area (Å²) in [7, 11) is 0. The third kappa shape index (κ3) is 3.69. The molecule has 7 unspecified atom stereocenters. The first kappa shape index (κ1) is 25.4. The van der Waals surface area contributed by atoms with Gasteiger partial charge in [0.25, 0.3) is 0 Å². The standard InChI is InChI=1S/C31H48O5/c1-20(32)36-22-10-13-29(4)21(18-22)8-9-23-25-11-14-31(34-16-7-17-35-31)30(25,5)27-24(26(23)29)19-28(2,3)12-6-15-33-27/h21-23,25,27H,6-19H2,1-5H3. The topological polar surface area (TPSA) is 54.0 Å². The van der Waals surface area contributed by atoms with E-state index in [1.165, 1.54) is 19.3 Å². The Morgan fingerprint density at radius 1 is 0.917 bits per heavy atom. The van der Waals surface area contributed by atoms with Gasteiger partial charge in [0.1, 0.15) is 6.10 Å². The van der Waals surface area contributed by atoms with Crippen molar-refractivity contribution >= 4 is 5.97 Å². The number of carbonyl (C=O) groups excluding carboxylic acids is 1. The maximum atomic E-state index is 11.7. The van der Waals surface area contributed by atoms with Crippen molar-refractivity contribution in [2.24, 2.45) is 34.0 Å². The van der Waals surface area contributed by atoms with Crippen molar-refractivity contribution in [2.45, 2.75) is 123 Å². The second-order valence-electron chi connectivity index (χ2n) is 14.2. The Labute approximate surface area is 218 Å². The Kier molecular flexibility index (Phi) is 6.21. The molecule has 0 N–H and O–H groups in total. The van der Waals surface area contributed by atoms with Gasteiger partial charge in [-0.05, 0) is 98.4 Å². The summed E-state index contributed by atoms with van der Waals surface area (Å²) in [6.07, 6.45) is 12.3. The molecular weight excluding hydrogens is 452 g/mol. The van der Waals surface area contributed by atoms with Crippen molar-refractivity contribution in [3.63, 3.8) is 0 Å². The van der Waals surface area contributed by atoms with Gasteiger partial charge in [-0.25, -0.2) is 0 Å². The fourth-order valence-electron chi connectivity index (χ4n) is 10.0. The Morgan fingerprint density at radius 3 is 2.44 bits per heavy atom. The molecule has 0 aromatic heterocycles. The molecule has 202 valence electrons. The molecular formula is C31H48O5. The first-order chi connectivity index (χ1) is 17.1. The number of hydrogen-bond acceptors (Lipinski definition) is 5. The van der Waals surface area contributed by atoms with Crippen LogP contribution in [0.5, 0.6) is 0 Å². The predicted octanol–water partition coefficient (Wildman–Crippen LogP) is 6.59. The normalized spacial score (nSPS) is 45.5. The largest absolute Gasteiger partial charge is 0.463 e. The van der Waals surface area contributed by atoms with Crippen LogP contribution in [0.25, 0.3) is 0 Å². The van der Waals surface area contributed by atoms with Gasteiger partial charge in [-0.1, -0.05) is 33.3 Å². The van der Waals surface area contributed by atoms with Crippen molar-refractivity contribution in [1.29, 1.82) is 0 Å². The van der Waals surface area contributed by atoms with Gasteiger partial charge < -0.3 is 18.9 Å². The van der Waals surface area contributed by atoms with E-state index >= 15 is 0 Å². The van der Waals surface area contributed by atoms with Crippen molar-refractivity contribution in [2.75, 3.05) is 19.8 Å². The lowest BCUT2D eigenvalue weighted by molar-refractivity contribution is -0.334. The summed E-state index contributed by atoms with van der Waals surface area (Å²) >= 11 is 0. The molecule has 0 bridgehead atoms. The molecule has 0 radical (unpaired) electrons. The lowest BCUT2D eigenvalue weighted by atomic mass is 9.46. The highest BCUT2D eigenvalue weighted by atomic mass is 16.7. The minimum absolute atomic E-state index is 0.0655. The quantitative estimate of drug-likeness (QED) is 0.300. The SMILES string of the molecule is CC(=O)OC1CCC2(C)C3=C4CC(C)(C)CCCOC4C4(C)C(CCC45OCCCO5)C3CCC2C1. The number of hydrogen-bond donors (Lipinski definition) is 0. The molecule has 6 aliphatic rings. The Bertz CT molecular complexity index is 916. The monoisotopic (exact) mass is 500 g/mol. The molecule has 5 nitrogen and oxygen atoms in total. The molecule has 6 rings (SSSR count). The van der Waals surface area contributed by atoms with Crippen LogP contribution in [0.1, 0.15) is 105 Å². The van der Waals surface area contributed by atoms with Crippen LogP contribution in [-0.2, 0) is 23.7 Å². The van der Waals surface area contributed by atoms with Gasteiger partial charge in [0, 0.05) is 20.0 Å². The molecule has 0 aromatic rings. The molecule has 4 aliphatic carbocycles. The summed E-state index contributed by atoms with van der Waals surface area (Å²) in [5, 5.41) is 0. The minimum atomic E-state index is -0.508. The van der Waals surface area contributed by atoms with E-state index in [4.69, 9.17) is 18.9 Å². The van der Waals surface area contributed by atoms with E-state index in [1.54, 1.807) is 18.1 Å². The average molecular weight is 501 g/mol. The summed E-state index contributed by atoms with van der Waals surface area (Å²) in [6.45, 7) is 13.9. The van der Waals surface area contributed by atoms with Gasteiger partial charge in [0.05, 0.1) is 24.7 Å². The lowest BCUT2D eigenvalue weighted by Crippen LogP contribution is -2.63. The van der Waals surface area contributed by atoms with Crippen LogP contribution in [0, 0.1) is 34.0 Å². The van der Waals surface area contributed by atoms with Crippen LogP contribution in [0.15, 0.2) is 11.1 Å². The third-order valence-corrected chi connectivity index (χ3v) is 11.6. The lowest BCUT2D eigenvalue weighted by Gasteiger charge is -2.62. The Balaban J connectivity index is 1.48. The number of esters is 1. The summed E-state index contributed by atoms with van der Waals surface area (Å²) in [4.78, 5) is 11.7. The van der Waals surface area contributed by atoms with E-state index in [0.717, 1.165) is 71.2 Å². The molecule has 7 atom stereocenters. The molecule has 3 saturated carbocycles. The fraction of sp³-hybridized carbons (Fsp3) is 0.903. The summed E-state index contributed by atoms with van der Waals surface area (Å²) in [5.41, 5.74) is 3.62. The number of carbonyl (C=O) groups is 1. The number of rotatable bonds is 1. The zero-order valence-electron chi connectivity index (χ0n) is 23.3. The van der Waals surface area contributed by atoms with Gasteiger partial charge in [0.2, 0.25) is 0 Å². The molecule has 36 heavy (non-hydrogen) atoms. The Morgan fingerprint density at radius 2 is 1.69 bits per heavy atom. The zero-order chi connectivity index (χ0) is 25.3. The maximum Gasteiger partial charge on any atom is 0.302 e. The average Bonchev–Trinajstić information content (AvgIpc) is 3.09. The van der Waals surface area contributed by atoms with Crippen LogP contribution in [-0.4, -0.2) is 43.8 Å². The van der Waals surface area contributed by atoms with Crippen molar-refractivity contribution in [3.8, 4) is 0 Å². The summed E-state index contributed by atoms with van der Waals surface area (Å²) in [6, 6.07) is 0.